The van der Waals surface area contributed by atoms with Gasteiger partial charge in [-0.1, -0.05) is 70.4 Å². The van der Waals surface area contributed by atoms with Crippen molar-refractivity contribution >= 4 is 17.8 Å². The van der Waals surface area contributed by atoms with E-state index in [0.717, 1.165) is 25.7 Å². The van der Waals surface area contributed by atoms with E-state index in [2.05, 4.69) is 29.1 Å². The fourth-order valence-corrected chi connectivity index (χ4v) is 3.38. The van der Waals surface area contributed by atoms with Gasteiger partial charge in [-0.3, -0.25) is 9.59 Å². The van der Waals surface area contributed by atoms with Crippen molar-refractivity contribution in [3.8, 4) is 0 Å². The number of unbranched alkanes of at least 4 members (excludes halogenated alkanes) is 11. The van der Waals surface area contributed by atoms with Crippen LogP contribution in [-0.2, 0) is 23.9 Å². The van der Waals surface area contributed by atoms with E-state index in [-0.39, 0.29) is 18.7 Å². The number of carbonyl (C=O) groups is 3. The standard InChI is InChI=1S/C25H45NO5/c1-4-5-6-7-8-9-10-11-12-13-14-15-16-17-18-19-23(27)26-22(25(29)31-3)20-21-24(28)30-2/h11-12,22H,4-10,13-21H2,1-3H3,(H,26,27)/b12-11-/t22-/m0/s1. The molecule has 6 nitrogen and oxygen atoms in total. The summed E-state index contributed by atoms with van der Waals surface area (Å²) in [5.41, 5.74) is 0. The molecular formula is C25H45NO5. The summed E-state index contributed by atoms with van der Waals surface area (Å²) in [6.07, 6.45) is 20.9. The van der Waals surface area contributed by atoms with Crippen molar-refractivity contribution in [3.63, 3.8) is 0 Å². The first-order valence-corrected chi connectivity index (χ1v) is 12.1. The van der Waals surface area contributed by atoms with Gasteiger partial charge in [-0.25, -0.2) is 4.79 Å². The number of hydrogen-bond donors (Lipinski definition) is 1. The van der Waals surface area contributed by atoms with Gasteiger partial charge in [-0.05, 0) is 38.5 Å². The highest BCUT2D eigenvalue weighted by Crippen LogP contribution is 2.10. The van der Waals surface area contributed by atoms with Gasteiger partial charge in [0.05, 0.1) is 14.2 Å². The van der Waals surface area contributed by atoms with Crippen molar-refractivity contribution in [1.29, 1.82) is 0 Å². The summed E-state index contributed by atoms with van der Waals surface area (Å²) in [5, 5.41) is 2.67. The zero-order valence-electron chi connectivity index (χ0n) is 20.1. The lowest BCUT2D eigenvalue weighted by Crippen LogP contribution is -2.41. The molecule has 0 radical (unpaired) electrons. The zero-order valence-corrected chi connectivity index (χ0v) is 20.1. The van der Waals surface area contributed by atoms with E-state index in [0.29, 0.717) is 6.42 Å². The molecule has 0 aromatic carbocycles. The van der Waals surface area contributed by atoms with Gasteiger partial charge in [0.15, 0.2) is 0 Å². The van der Waals surface area contributed by atoms with Crippen LogP contribution in [0.15, 0.2) is 12.2 Å². The van der Waals surface area contributed by atoms with Crippen LogP contribution >= 0.6 is 0 Å². The summed E-state index contributed by atoms with van der Waals surface area (Å²) in [6, 6.07) is -0.806. The fourth-order valence-electron chi connectivity index (χ4n) is 3.38. The van der Waals surface area contributed by atoms with Crippen LogP contribution in [0.25, 0.3) is 0 Å². The Morgan fingerprint density at radius 1 is 0.742 bits per heavy atom. The number of amides is 1. The third-order valence-corrected chi connectivity index (χ3v) is 5.35. The van der Waals surface area contributed by atoms with Gasteiger partial charge in [0.1, 0.15) is 6.04 Å². The quantitative estimate of drug-likeness (QED) is 0.151. The van der Waals surface area contributed by atoms with Gasteiger partial charge >= 0.3 is 11.9 Å². The second kappa shape index (κ2) is 21.4. The second-order valence-electron chi connectivity index (χ2n) is 8.09. The molecule has 0 aliphatic carbocycles. The summed E-state index contributed by atoms with van der Waals surface area (Å²) in [4.78, 5) is 35.1. The molecule has 0 saturated heterocycles. The highest BCUT2D eigenvalue weighted by molar-refractivity contribution is 5.84. The Bertz CT molecular complexity index is 504. The van der Waals surface area contributed by atoms with Crippen molar-refractivity contribution < 1.29 is 23.9 Å². The Hall–Kier alpha value is -1.85. The van der Waals surface area contributed by atoms with Crippen LogP contribution in [0.5, 0.6) is 0 Å². The van der Waals surface area contributed by atoms with E-state index >= 15 is 0 Å². The van der Waals surface area contributed by atoms with Gasteiger partial charge in [0, 0.05) is 12.8 Å². The van der Waals surface area contributed by atoms with Crippen LogP contribution in [0.1, 0.15) is 110 Å². The van der Waals surface area contributed by atoms with E-state index in [1.165, 1.54) is 72.0 Å². The molecule has 0 spiro atoms. The lowest BCUT2D eigenvalue weighted by molar-refractivity contribution is -0.146. The number of carbonyl (C=O) groups excluding carboxylic acids is 3. The zero-order chi connectivity index (χ0) is 23.2. The maximum atomic E-state index is 12.1. The molecule has 31 heavy (non-hydrogen) atoms. The van der Waals surface area contributed by atoms with Gasteiger partial charge in [-0.15, -0.1) is 0 Å². The van der Waals surface area contributed by atoms with Crippen molar-refractivity contribution in [2.45, 2.75) is 116 Å². The lowest BCUT2D eigenvalue weighted by atomic mass is 10.1. The highest BCUT2D eigenvalue weighted by atomic mass is 16.5. The predicted octanol–water partition coefficient (Wildman–Crippen LogP) is 5.63. The summed E-state index contributed by atoms with van der Waals surface area (Å²) < 4.78 is 9.27. The maximum absolute atomic E-state index is 12.1. The minimum absolute atomic E-state index is 0.0595. The number of esters is 2. The molecule has 1 atom stereocenters. The molecule has 0 rings (SSSR count). The van der Waals surface area contributed by atoms with Crippen LogP contribution in [0.2, 0.25) is 0 Å². The number of hydrogen-bond acceptors (Lipinski definition) is 5. The van der Waals surface area contributed by atoms with Gasteiger partial charge in [0.25, 0.3) is 0 Å². The fraction of sp³-hybridized carbons (Fsp3) is 0.800. The minimum Gasteiger partial charge on any atom is -0.469 e. The second-order valence-corrected chi connectivity index (χ2v) is 8.09. The molecule has 0 fully saturated rings. The molecule has 1 N–H and O–H groups in total. The van der Waals surface area contributed by atoms with Crippen molar-refractivity contribution in [3.05, 3.63) is 12.2 Å². The van der Waals surface area contributed by atoms with E-state index in [1.807, 2.05) is 0 Å². The van der Waals surface area contributed by atoms with Crippen LogP contribution in [0.4, 0.5) is 0 Å². The molecular weight excluding hydrogens is 394 g/mol. The number of allylic oxidation sites excluding steroid dienone is 2. The van der Waals surface area contributed by atoms with Crippen molar-refractivity contribution in [2.24, 2.45) is 0 Å². The monoisotopic (exact) mass is 439 g/mol. The predicted molar refractivity (Wildman–Crippen MR) is 125 cm³/mol. The smallest absolute Gasteiger partial charge is 0.328 e. The molecule has 0 aliphatic heterocycles. The summed E-state index contributed by atoms with van der Waals surface area (Å²) in [5.74, 6) is -1.14. The number of ether oxygens (including phenoxy) is 2. The van der Waals surface area contributed by atoms with E-state index in [4.69, 9.17) is 4.74 Å². The molecule has 0 aliphatic rings. The average molecular weight is 440 g/mol. The minimum atomic E-state index is -0.806. The number of rotatable bonds is 20. The van der Waals surface area contributed by atoms with Gasteiger partial charge in [-0.2, -0.15) is 0 Å². The maximum Gasteiger partial charge on any atom is 0.328 e. The Kier molecular flexibility index (Phi) is 20.1. The third-order valence-electron chi connectivity index (χ3n) is 5.35. The van der Waals surface area contributed by atoms with Gasteiger partial charge in [0.2, 0.25) is 5.91 Å². The van der Waals surface area contributed by atoms with Crippen LogP contribution < -0.4 is 5.32 Å². The molecule has 0 heterocycles. The average Bonchev–Trinajstić information content (AvgIpc) is 2.78. The third kappa shape index (κ3) is 18.6. The summed E-state index contributed by atoms with van der Waals surface area (Å²) >= 11 is 0. The SMILES string of the molecule is CCCCCCCC/C=C\CCCCCCCC(=O)N[C@@H](CCC(=O)OC)C(=O)OC. The molecule has 1 amide bonds. The first-order chi connectivity index (χ1) is 15.0. The van der Waals surface area contributed by atoms with Crippen LogP contribution in [0, 0.1) is 0 Å². The molecule has 180 valence electrons. The summed E-state index contributed by atoms with van der Waals surface area (Å²) in [7, 11) is 2.56. The molecule has 0 bridgehead atoms. The first-order valence-electron chi connectivity index (χ1n) is 12.1. The Balaban J connectivity index is 3.69. The molecule has 0 aromatic heterocycles. The van der Waals surface area contributed by atoms with Crippen molar-refractivity contribution in [1.82, 2.24) is 5.32 Å². The van der Waals surface area contributed by atoms with Crippen molar-refractivity contribution in [2.75, 3.05) is 14.2 Å². The first kappa shape index (κ1) is 29.1. The molecule has 0 aromatic rings. The van der Waals surface area contributed by atoms with E-state index in [9.17, 15) is 14.4 Å². The molecule has 0 unspecified atom stereocenters. The van der Waals surface area contributed by atoms with E-state index < -0.39 is 18.0 Å². The van der Waals surface area contributed by atoms with Gasteiger partial charge < -0.3 is 14.8 Å². The highest BCUT2D eigenvalue weighted by Gasteiger charge is 2.22. The normalized spacial score (nSPS) is 12.0. The lowest BCUT2D eigenvalue weighted by Gasteiger charge is -2.16. The molecule has 0 saturated carbocycles. The van der Waals surface area contributed by atoms with E-state index in [1.54, 1.807) is 0 Å². The van der Waals surface area contributed by atoms with Crippen LogP contribution in [0.3, 0.4) is 0 Å². The Morgan fingerprint density at radius 3 is 1.84 bits per heavy atom. The topological polar surface area (TPSA) is 81.7 Å². The molecule has 6 heteroatoms. The Labute approximate surface area is 189 Å². The Morgan fingerprint density at radius 2 is 1.29 bits per heavy atom. The summed E-state index contributed by atoms with van der Waals surface area (Å²) in [6.45, 7) is 2.25. The largest absolute Gasteiger partial charge is 0.469 e. The number of nitrogens with one attached hydrogen (secondary N) is 1. The van der Waals surface area contributed by atoms with Crippen LogP contribution in [-0.4, -0.2) is 38.1 Å². The number of methoxy groups -OCH3 is 2.